The molecule has 1 N–H and O–H groups in total. The van der Waals surface area contributed by atoms with Crippen LogP contribution in [-0.4, -0.2) is 49.8 Å². The molecule has 44 heavy (non-hydrogen) atoms. The summed E-state index contributed by atoms with van der Waals surface area (Å²) in [5.41, 5.74) is 4.69. The van der Waals surface area contributed by atoms with E-state index in [0.717, 1.165) is 66.0 Å². The molecule has 2 aromatic rings. The number of rotatable bonds is 6. The van der Waals surface area contributed by atoms with Gasteiger partial charge in [-0.05, 0) is 78.9 Å². The van der Waals surface area contributed by atoms with Gasteiger partial charge in [-0.15, -0.1) is 0 Å². The van der Waals surface area contributed by atoms with E-state index >= 15 is 0 Å². The number of pyridine rings is 2. The van der Waals surface area contributed by atoms with Crippen molar-refractivity contribution >= 4 is 13.9 Å². The smallest absolute Gasteiger partial charge is 0.410 e. The van der Waals surface area contributed by atoms with Gasteiger partial charge in [0.15, 0.2) is 8.32 Å². The standard InChI is InChI=1S/C34H47F3N2O4Si/c1-32(2,3)44(6,7)43-26-19-33(4,5)18-25-28(26)27(21-10-14-41-15-11-21)29(30(39-25)22-12-16-42-17-13-22)31(40)24-9-8-23(20-38-24)34(35,36)37/h8-10,20,22,26,31,40H,11-19H2,1-7H3/t26-,31+/m0/s1. The summed E-state index contributed by atoms with van der Waals surface area (Å²) in [5.74, 6) is 0.0390. The van der Waals surface area contributed by atoms with Crippen molar-refractivity contribution in [1.29, 1.82) is 0 Å². The van der Waals surface area contributed by atoms with Crippen molar-refractivity contribution < 1.29 is 32.2 Å². The number of hydrogen-bond acceptors (Lipinski definition) is 6. The molecule has 242 valence electrons. The minimum Gasteiger partial charge on any atom is -0.410 e. The van der Waals surface area contributed by atoms with Crippen molar-refractivity contribution in [1.82, 2.24) is 9.97 Å². The Balaban J connectivity index is 1.78. The highest BCUT2D eigenvalue weighted by Crippen LogP contribution is 2.52. The minimum atomic E-state index is -4.52. The molecule has 0 bridgehead atoms. The summed E-state index contributed by atoms with van der Waals surface area (Å²) in [6.07, 6.45) is 0.575. The Kier molecular flexibility index (Phi) is 9.25. The lowest BCUT2D eigenvalue weighted by molar-refractivity contribution is -0.137. The first-order valence-electron chi connectivity index (χ1n) is 15.8. The van der Waals surface area contributed by atoms with Gasteiger partial charge in [-0.3, -0.25) is 9.97 Å². The number of alkyl halides is 3. The fourth-order valence-corrected chi connectivity index (χ4v) is 7.74. The summed E-state index contributed by atoms with van der Waals surface area (Å²) in [7, 11) is -2.24. The van der Waals surface area contributed by atoms with Crippen LogP contribution in [0, 0.1) is 5.41 Å². The molecule has 1 aliphatic carbocycles. The van der Waals surface area contributed by atoms with E-state index in [4.69, 9.17) is 18.9 Å². The molecule has 10 heteroatoms. The molecule has 0 saturated carbocycles. The van der Waals surface area contributed by atoms with Gasteiger partial charge in [0.05, 0.1) is 36.3 Å². The topological polar surface area (TPSA) is 73.7 Å². The number of nitrogens with zero attached hydrogens (tertiary/aromatic N) is 2. The average molecular weight is 633 g/mol. The van der Waals surface area contributed by atoms with Crippen molar-refractivity contribution in [3.8, 4) is 0 Å². The minimum absolute atomic E-state index is 0.0190. The van der Waals surface area contributed by atoms with Gasteiger partial charge in [0.25, 0.3) is 0 Å². The van der Waals surface area contributed by atoms with Crippen LogP contribution in [0.25, 0.3) is 5.57 Å². The molecule has 2 atom stereocenters. The van der Waals surface area contributed by atoms with Gasteiger partial charge >= 0.3 is 6.18 Å². The molecule has 5 rings (SSSR count). The van der Waals surface area contributed by atoms with Crippen LogP contribution in [0.15, 0.2) is 24.4 Å². The number of halogens is 3. The van der Waals surface area contributed by atoms with Crippen molar-refractivity contribution in [3.05, 3.63) is 63.7 Å². The maximum atomic E-state index is 13.4. The van der Waals surface area contributed by atoms with Crippen LogP contribution in [0.4, 0.5) is 13.2 Å². The van der Waals surface area contributed by atoms with Crippen LogP contribution in [-0.2, 0) is 26.5 Å². The zero-order valence-electron chi connectivity index (χ0n) is 27.1. The molecule has 6 nitrogen and oxygen atoms in total. The van der Waals surface area contributed by atoms with E-state index in [9.17, 15) is 18.3 Å². The van der Waals surface area contributed by atoms with E-state index in [-0.39, 0.29) is 28.2 Å². The van der Waals surface area contributed by atoms with Gasteiger partial charge in [-0.25, -0.2) is 0 Å². The largest absolute Gasteiger partial charge is 0.417 e. The van der Waals surface area contributed by atoms with Gasteiger partial charge in [-0.2, -0.15) is 13.2 Å². The Morgan fingerprint density at radius 1 is 1.07 bits per heavy atom. The van der Waals surface area contributed by atoms with E-state index in [1.807, 2.05) is 0 Å². The highest BCUT2D eigenvalue weighted by molar-refractivity contribution is 6.74. The third kappa shape index (κ3) is 6.84. The average Bonchev–Trinajstić information content (AvgIpc) is 2.95. The number of fused-ring (bicyclic) bond motifs is 1. The van der Waals surface area contributed by atoms with Crippen molar-refractivity contribution in [3.63, 3.8) is 0 Å². The third-order valence-corrected chi connectivity index (χ3v) is 14.4. The quantitative estimate of drug-likeness (QED) is 0.323. The first-order chi connectivity index (χ1) is 20.5. The van der Waals surface area contributed by atoms with Crippen molar-refractivity contribution in [2.24, 2.45) is 5.41 Å². The number of aliphatic hydroxyl groups is 1. The molecule has 0 amide bonds. The molecule has 3 aliphatic rings. The summed E-state index contributed by atoms with van der Waals surface area (Å²) in [5, 5.41) is 12.1. The Hall–Kier alpha value is -2.11. The molecule has 1 saturated heterocycles. The van der Waals surface area contributed by atoms with E-state index < -0.39 is 26.2 Å². The van der Waals surface area contributed by atoms with Gasteiger partial charge in [0.2, 0.25) is 0 Å². The summed E-state index contributed by atoms with van der Waals surface area (Å²) in [4.78, 5) is 9.54. The molecule has 0 unspecified atom stereocenters. The second-order valence-corrected chi connectivity index (χ2v) is 19.6. The van der Waals surface area contributed by atoms with Crippen LogP contribution >= 0.6 is 0 Å². The van der Waals surface area contributed by atoms with Crippen LogP contribution < -0.4 is 0 Å². The zero-order chi connectivity index (χ0) is 32.1. The number of aromatic nitrogens is 2. The monoisotopic (exact) mass is 632 g/mol. The molecule has 0 aromatic carbocycles. The van der Waals surface area contributed by atoms with Gasteiger partial charge < -0.3 is 19.0 Å². The van der Waals surface area contributed by atoms with Crippen molar-refractivity contribution in [2.75, 3.05) is 26.4 Å². The first kappa shape index (κ1) is 33.3. The molecule has 1 fully saturated rings. The highest BCUT2D eigenvalue weighted by Gasteiger charge is 2.45. The van der Waals surface area contributed by atoms with Gasteiger partial charge in [0.1, 0.15) is 6.10 Å². The maximum Gasteiger partial charge on any atom is 0.417 e. The molecule has 0 spiro atoms. The van der Waals surface area contributed by atoms with Crippen LogP contribution in [0.1, 0.15) is 118 Å². The van der Waals surface area contributed by atoms with Gasteiger partial charge in [0, 0.05) is 42.1 Å². The van der Waals surface area contributed by atoms with Crippen LogP contribution in [0.2, 0.25) is 18.1 Å². The predicted octanol–water partition coefficient (Wildman–Crippen LogP) is 8.31. The Morgan fingerprint density at radius 2 is 1.77 bits per heavy atom. The Morgan fingerprint density at radius 3 is 2.34 bits per heavy atom. The second-order valence-electron chi connectivity index (χ2n) is 14.9. The molecule has 2 aliphatic heterocycles. The van der Waals surface area contributed by atoms with E-state index in [2.05, 4.69) is 58.8 Å². The SMILES string of the molecule is CC1(C)Cc2nc(C3CCOCC3)c([C@H](O)c3ccc(C(F)(F)F)cn3)c(C3=CCOCC3)c2[C@@H](O[Si](C)(C)C(C)(C)C)C1. The van der Waals surface area contributed by atoms with Crippen molar-refractivity contribution in [2.45, 2.75) is 109 Å². The molecular weight excluding hydrogens is 585 g/mol. The molecule has 4 heterocycles. The second kappa shape index (κ2) is 12.2. The summed E-state index contributed by atoms with van der Waals surface area (Å²) in [6, 6.07) is 2.28. The van der Waals surface area contributed by atoms with E-state index in [1.54, 1.807) is 0 Å². The summed E-state index contributed by atoms with van der Waals surface area (Å²) < 4.78 is 58.9. The molecule has 2 aromatic heterocycles. The highest BCUT2D eigenvalue weighted by atomic mass is 28.4. The van der Waals surface area contributed by atoms with Crippen LogP contribution in [0.3, 0.4) is 0 Å². The molecule has 0 radical (unpaired) electrons. The zero-order valence-corrected chi connectivity index (χ0v) is 28.1. The third-order valence-electron chi connectivity index (χ3n) is 9.89. The van der Waals surface area contributed by atoms with Gasteiger partial charge in [-0.1, -0.05) is 40.7 Å². The molecular formula is C34H47F3N2O4Si. The first-order valence-corrected chi connectivity index (χ1v) is 18.7. The fourth-order valence-electron chi connectivity index (χ4n) is 6.47. The Labute approximate surface area is 260 Å². The Bertz CT molecular complexity index is 1380. The fraction of sp³-hybridized carbons (Fsp3) is 0.647. The number of aliphatic hydroxyl groups excluding tert-OH is 1. The predicted molar refractivity (Wildman–Crippen MR) is 167 cm³/mol. The van der Waals surface area contributed by atoms with E-state index in [1.165, 1.54) is 6.07 Å². The lowest BCUT2D eigenvalue weighted by Gasteiger charge is -2.45. The lowest BCUT2D eigenvalue weighted by Crippen LogP contribution is -2.44. The van der Waals surface area contributed by atoms with E-state index in [0.29, 0.717) is 38.4 Å². The summed E-state index contributed by atoms with van der Waals surface area (Å²) in [6.45, 7) is 17.9. The normalized spacial score (nSPS) is 22.3. The number of ether oxygens (including phenoxy) is 2. The summed E-state index contributed by atoms with van der Waals surface area (Å²) >= 11 is 0. The van der Waals surface area contributed by atoms with Crippen LogP contribution in [0.5, 0.6) is 0 Å². The lowest BCUT2D eigenvalue weighted by atomic mass is 9.71. The maximum absolute atomic E-state index is 13.4. The number of hydrogen-bond donors (Lipinski definition) is 1.